The van der Waals surface area contributed by atoms with E-state index in [4.69, 9.17) is 0 Å². The van der Waals surface area contributed by atoms with Crippen molar-refractivity contribution in [3.05, 3.63) is 63.9 Å². The lowest BCUT2D eigenvalue weighted by molar-refractivity contribution is 0.0985. The summed E-state index contributed by atoms with van der Waals surface area (Å²) in [6.07, 6.45) is 2.96. The molecule has 2 rings (SSSR count). The summed E-state index contributed by atoms with van der Waals surface area (Å²) in [6.45, 7) is 0. The van der Waals surface area contributed by atoms with Gasteiger partial charge in [0.05, 0.1) is 5.56 Å². The molecule has 0 spiro atoms. The number of carbonyl (C=O) groups excluding carboxylic acids is 1. The number of Topliss-reactive ketones (excluding diaryl/α,β-unsaturated/α-hetero) is 1. The molecular formula is C13H8BrF2NO. The Labute approximate surface area is 111 Å². The Balaban J connectivity index is 2.28. The lowest BCUT2D eigenvalue weighted by Crippen LogP contribution is -2.09. The molecule has 92 valence electrons. The predicted molar refractivity (Wildman–Crippen MR) is 66.3 cm³/mol. The van der Waals surface area contributed by atoms with E-state index in [1.54, 1.807) is 12.3 Å². The number of halogens is 3. The first-order valence-electron chi connectivity index (χ1n) is 5.14. The number of carbonyl (C=O) groups is 1. The molecule has 5 heteroatoms. The van der Waals surface area contributed by atoms with E-state index in [-0.39, 0.29) is 6.42 Å². The van der Waals surface area contributed by atoms with Gasteiger partial charge in [0, 0.05) is 23.3 Å². The first-order chi connectivity index (χ1) is 8.58. The van der Waals surface area contributed by atoms with Gasteiger partial charge in [0.1, 0.15) is 11.6 Å². The SMILES string of the molecule is O=C(Cc1cncc(Br)c1)c1c(F)cccc1F. The number of pyridine rings is 1. The molecule has 1 aromatic carbocycles. The van der Waals surface area contributed by atoms with Crippen LogP contribution in [0.3, 0.4) is 0 Å². The summed E-state index contributed by atoms with van der Waals surface area (Å²) >= 11 is 3.22. The minimum atomic E-state index is -0.844. The van der Waals surface area contributed by atoms with E-state index in [9.17, 15) is 13.6 Å². The van der Waals surface area contributed by atoms with Crippen LogP contribution in [0.15, 0.2) is 41.1 Å². The Bertz CT molecular complexity index is 581. The molecule has 2 nitrogen and oxygen atoms in total. The fraction of sp³-hybridized carbons (Fsp3) is 0.0769. The van der Waals surface area contributed by atoms with Crippen LogP contribution in [0.5, 0.6) is 0 Å². The van der Waals surface area contributed by atoms with Crippen LogP contribution < -0.4 is 0 Å². The molecule has 0 N–H and O–H groups in total. The van der Waals surface area contributed by atoms with Gasteiger partial charge in [0.15, 0.2) is 5.78 Å². The number of benzene rings is 1. The zero-order valence-corrected chi connectivity index (χ0v) is 10.7. The Hall–Kier alpha value is -1.62. The molecule has 1 aromatic heterocycles. The third-order valence-electron chi connectivity index (χ3n) is 2.37. The van der Waals surface area contributed by atoms with Gasteiger partial charge in [-0.05, 0) is 39.7 Å². The van der Waals surface area contributed by atoms with Gasteiger partial charge in [-0.1, -0.05) is 6.07 Å². The molecule has 0 fully saturated rings. The third-order valence-corrected chi connectivity index (χ3v) is 2.80. The maximum absolute atomic E-state index is 13.4. The highest BCUT2D eigenvalue weighted by Gasteiger charge is 2.17. The van der Waals surface area contributed by atoms with Gasteiger partial charge >= 0.3 is 0 Å². The highest BCUT2D eigenvalue weighted by Crippen LogP contribution is 2.16. The largest absolute Gasteiger partial charge is 0.294 e. The summed E-state index contributed by atoms with van der Waals surface area (Å²) in [5.74, 6) is -2.29. The monoisotopic (exact) mass is 311 g/mol. The van der Waals surface area contributed by atoms with Crippen molar-refractivity contribution in [3.63, 3.8) is 0 Å². The summed E-state index contributed by atoms with van der Waals surface area (Å²) in [7, 11) is 0. The van der Waals surface area contributed by atoms with E-state index < -0.39 is 23.0 Å². The van der Waals surface area contributed by atoms with Gasteiger partial charge in [-0.15, -0.1) is 0 Å². The molecule has 0 aliphatic heterocycles. The van der Waals surface area contributed by atoms with Crippen molar-refractivity contribution in [2.75, 3.05) is 0 Å². The number of aromatic nitrogens is 1. The van der Waals surface area contributed by atoms with Crippen LogP contribution >= 0.6 is 15.9 Å². The normalized spacial score (nSPS) is 10.4. The fourth-order valence-corrected chi connectivity index (χ4v) is 2.00. The van der Waals surface area contributed by atoms with Crippen molar-refractivity contribution in [1.29, 1.82) is 0 Å². The van der Waals surface area contributed by atoms with Gasteiger partial charge in [-0.2, -0.15) is 0 Å². The van der Waals surface area contributed by atoms with Crippen molar-refractivity contribution < 1.29 is 13.6 Å². The van der Waals surface area contributed by atoms with Crippen molar-refractivity contribution in [3.8, 4) is 0 Å². The number of hydrogen-bond acceptors (Lipinski definition) is 2. The molecule has 0 aliphatic rings. The van der Waals surface area contributed by atoms with Gasteiger partial charge in [0.25, 0.3) is 0 Å². The Morgan fingerprint density at radius 1 is 1.22 bits per heavy atom. The van der Waals surface area contributed by atoms with E-state index in [0.717, 1.165) is 12.1 Å². The predicted octanol–water partition coefficient (Wildman–Crippen LogP) is 3.55. The van der Waals surface area contributed by atoms with Crippen molar-refractivity contribution in [2.45, 2.75) is 6.42 Å². The van der Waals surface area contributed by atoms with E-state index in [2.05, 4.69) is 20.9 Å². The fourth-order valence-electron chi connectivity index (χ4n) is 1.59. The van der Waals surface area contributed by atoms with Crippen molar-refractivity contribution in [1.82, 2.24) is 4.98 Å². The minimum Gasteiger partial charge on any atom is -0.294 e. The Kier molecular flexibility index (Phi) is 3.81. The Morgan fingerprint density at radius 3 is 2.50 bits per heavy atom. The maximum atomic E-state index is 13.4. The molecule has 0 saturated heterocycles. The summed E-state index contributed by atoms with van der Waals surface area (Å²) in [5.41, 5.74) is 0.0921. The van der Waals surface area contributed by atoms with E-state index >= 15 is 0 Å². The average Bonchev–Trinajstić information content (AvgIpc) is 2.28. The van der Waals surface area contributed by atoms with Crippen LogP contribution in [0, 0.1) is 11.6 Å². The zero-order chi connectivity index (χ0) is 13.1. The molecule has 0 atom stereocenters. The number of ketones is 1. The van der Waals surface area contributed by atoms with Gasteiger partial charge in [-0.3, -0.25) is 9.78 Å². The van der Waals surface area contributed by atoms with Crippen LogP contribution in [0.2, 0.25) is 0 Å². The quantitative estimate of drug-likeness (QED) is 0.811. The molecule has 0 radical (unpaired) electrons. The molecule has 18 heavy (non-hydrogen) atoms. The summed E-state index contributed by atoms with van der Waals surface area (Å²) < 4.78 is 27.5. The molecule has 0 bridgehead atoms. The molecule has 1 heterocycles. The van der Waals surface area contributed by atoms with Crippen LogP contribution in [0.4, 0.5) is 8.78 Å². The molecule has 0 aliphatic carbocycles. The number of hydrogen-bond donors (Lipinski definition) is 0. The summed E-state index contributed by atoms with van der Waals surface area (Å²) in [5, 5.41) is 0. The average molecular weight is 312 g/mol. The van der Waals surface area contributed by atoms with Crippen LogP contribution in [0.25, 0.3) is 0 Å². The van der Waals surface area contributed by atoms with E-state index in [1.165, 1.54) is 12.3 Å². The highest BCUT2D eigenvalue weighted by molar-refractivity contribution is 9.10. The van der Waals surface area contributed by atoms with Crippen LogP contribution in [0.1, 0.15) is 15.9 Å². The smallest absolute Gasteiger partial charge is 0.173 e. The van der Waals surface area contributed by atoms with Gasteiger partial charge in [0.2, 0.25) is 0 Å². The molecule has 0 saturated carbocycles. The zero-order valence-electron chi connectivity index (χ0n) is 9.16. The molecule has 0 unspecified atom stereocenters. The second-order valence-electron chi connectivity index (χ2n) is 3.71. The number of nitrogens with zero attached hydrogens (tertiary/aromatic N) is 1. The number of rotatable bonds is 3. The third kappa shape index (κ3) is 2.79. The van der Waals surface area contributed by atoms with Crippen LogP contribution in [-0.2, 0) is 6.42 Å². The first-order valence-corrected chi connectivity index (χ1v) is 5.94. The summed E-state index contributed by atoms with van der Waals surface area (Å²) in [6, 6.07) is 5.04. The molecular weight excluding hydrogens is 304 g/mol. The molecule has 0 amide bonds. The van der Waals surface area contributed by atoms with Gasteiger partial charge in [-0.25, -0.2) is 8.78 Å². The highest BCUT2D eigenvalue weighted by atomic mass is 79.9. The van der Waals surface area contributed by atoms with Crippen molar-refractivity contribution in [2.24, 2.45) is 0 Å². The van der Waals surface area contributed by atoms with Crippen LogP contribution in [-0.4, -0.2) is 10.8 Å². The molecule has 2 aromatic rings. The lowest BCUT2D eigenvalue weighted by Gasteiger charge is -2.04. The Morgan fingerprint density at radius 2 is 1.89 bits per heavy atom. The maximum Gasteiger partial charge on any atom is 0.173 e. The second kappa shape index (κ2) is 5.35. The minimum absolute atomic E-state index is 0.0930. The van der Waals surface area contributed by atoms with Gasteiger partial charge < -0.3 is 0 Å². The second-order valence-corrected chi connectivity index (χ2v) is 4.62. The lowest BCUT2D eigenvalue weighted by atomic mass is 10.0. The summed E-state index contributed by atoms with van der Waals surface area (Å²) in [4.78, 5) is 15.7. The first kappa shape index (κ1) is 12.8. The van der Waals surface area contributed by atoms with E-state index in [1.807, 2.05) is 0 Å². The van der Waals surface area contributed by atoms with Crippen molar-refractivity contribution >= 4 is 21.7 Å². The topological polar surface area (TPSA) is 30.0 Å². The van der Waals surface area contributed by atoms with E-state index in [0.29, 0.717) is 10.0 Å². The standard InChI is InChI=1S/C13H8BrF2NO/c14-9-4-8(6-17-7-9)5-12(18)13-10(15)2-1-3-11(13)16/h1-4,6-7H,5H2.